The summed E-state index contributed by atoms with van der Waals surface area (Å²) in [6.07, 6.45) is 0. The van der Waals surface area contributed by atoms with Crippen molar-refractivity contribution in [2.24, 2.45) is 0 Å². The van der Waals surface area contributed by atoms with Crippen molar-refractivity contribution in [2.45, 2.75) is 4.90 Å². The average Bonchev–Trinajstić information content (AvgIpc) is 2.36. The number of methoxy groups -OCH3 is 1. The van der Waals surface area contributed by atoms with Crippen LogP contribution in [0.3, 0.4) is 0 Å². The van der Waals surface area contributed by atoms with Crippen molar-refractivity contribution in [2.75, 3.05) is 39.2 Å². The summed E-state index contributed by atoms with van der Waals surface area (Å²) in [6, 6.07) is 3.19. The lowest BCUT2D eigenvalue weighted by Gasteiger charge is -2.09. The maximum Gasteiger partial charge on any atom is 0.242 e. The maximum absolute atomic E-state index is 13.0. The number of hydrogen-bond donors (Lipinski definition) is 2. The highest BCUT2D eigenvalue weighted by atomic mass is 32.2. The predicted molar refractivity (Wildman–Crippen MR) is 68.7 cm³/mol. The zero-order valence-corrected chi connectivity index (χ0v) is 11.4. The Bertz CT molecular complexity index is 507. The molecule has 0 amide bonds. The molecule has 0 heterocycles. The van der Waals surface area contributed by atoms with Gasteiger partial charge < -0.3 is 15.2 Å². The van der Waals surface area contributed by atoms with Gasteiger partial charge in [0.2, 0.25) is 10.0 Å². The molecule has 3 N–H and O–H groups in total. The molecule has 0 unspecified atom stereocenters. The molecule has 1 aromatic carbocycles. The number of halogens is 1. The fraction of sp³-hybridized carbons (Fsp3) is 0.455. The van der Waals surface area contributed by atoms with E-state index >= 15 is 0 Å². The third-order valence-electron chi connectivity index (χ3n) is 2.24. The van der Waals surface area contributed by atoms with Gasteiger partial charge in [0.1, 0.15) is 10.7 Å². The van der Waals surface area contributed by atoms with Crippen LogP contribution in [0.4, 0.5) is 10.1 Å². The molecule has 19 heavy (non-hydrogen) atoms. The molecule has 0 aliphatic rings. The van der Waals surface area contributed by atoms with Crippen LogP contribution in [0.1, 0.15) is 0 Å². The van der Waals surface area contributed by atoms with Crippen molar-refractivity contribution in [1.29, 1.82) is 0 Å². The van der Waals surface area contributed by atoms with Gasteiger partial charge in [-0.25, -0.2) is 17.5 Å². The van der Waals surface area contributed by atoms with E-state index < -0.39 is 15.8 Å². The molecule has 0 atom stereocenters. The van der Waals surface area contributed by atoms with Crippen molar-refractivity contribution >= 4 is 15.7 Å². The van der Waals surface area contributed by atoms with Crippen molar-refractivity contribution in [3.05, 3.63) is 24.0 Å². The summed E-state index contributed by atoms with van der Waals surface area (Å²) in [6.45, 7) is 1.07. The first-order valence-electron chi connectivity index (χ1n) is 5.59. The monoisotopic (exact) mass is 292 g/mol. The summed E-state index contributed by atoms with van der Waals surface area (Å²) in [7, 11) is -2.29. The summed E-state index contributed by atoms with van der Waals surface area (Å²) in [5.41, 5.74) is 5.51. The maximum atomic E-state index is 13.0. The first-order valence-corrected chi connectivity index (χ1v) is 7.07. The standard InChI is InChI=1S/C11H17FN2O4S/c1-17-6-7-18-5-4-14-19(15,16)11-8-9(12)2-3-10(11)13/h2-3,8,14H,4-7,13H2,1H3. The first kappa shape index (κ1) is 15.8. The highest BCUT2D eigenvalue weighted by Gasteiger charge is 2.17. The number of rotatable bonds is 8. The second-order valence-electron chi connectivity index (χ2n) is 3.69. The topological polar surface area (TPSA) is 90.6 Å². The highest BCUT2D eigenvalue weighted by molar-refractivity contribution is 7.89. The van der Waals surface area contributed by atoms with Gasteiger partial charge in [0.15, 0.2) is 0 Å². The molecule has 0 aliphatic heterocycles. The van der Waals surface area contributed by atoms with Gasteiger partial charge in [-0.1, -0.05) is 0 Å². The quantitative estimate of drug-likeness (QED) is 0.533. The van der Waals surface area contributed by atoms with Gasteiger partial charge in [0, 0.05) is 13.7 Å². The molecule has 6 nitrogen and oxygen atoms in total. The summed E-state index contributed by atoms with van der Waals surface area (Å²) in [5.74, 6) is -0.661. The van der Waals surface area contributed by atoms with Crippen LogP contribution in [0.5, 0.6) is 0 Å². The number of sulfonamides is 1. The number of nitrogen functional groups attached to an aromatic ring is 1. The van der Waals surface area contributed by atoms with Crippen molar-refractivity contribution in [3.8, 4) is 0 Å². The fourth-order valence-electron chi connectivity index (χ4n) is 1.31. The Hall–Kier alpha value is -1.22. The van der Waals surface area contributed by atoms with Crippen LogP contribution in [0, 0.1) is 5.82 Å². The Morgan fingerprint density at radius 1 is 1.32 bits per heavy atom. The van der Waals surface area contributed by atoms with E-state index in [1.165, 1.54) is 6.07 Å². The van der Waals surface area contributed by atoms with Gasteiger partial charge in [0.25, 0.3) is 0 Å². The predicted octanol–water partition coefficient (Wildman–Crippen LogP) is 0.349. The normalized spacial score (nSPS) is 11.7. The van der Waals surface area contributed by atoms with Crippen molar-refractivity contribution < 1.29 is 22.3 Å². The Kier molecular flexibility index (Phi) is 6.16. The third-order valence-corrected chi connectivity index (χ3v) is 3.75. The summed E-state index contributed by atoms with van der Waals surface area (Å²) in [5, 5.41) is 0. The lowest BCUT2D eigenvalue weighted by molar-refractivity contribution is 0.0736. The van der Waals surface area contributed by atoms with Crippen LogP contribution in [0.2, 0.25) is 0 Å². The lowest BCUT2D eigenvalue weighted by Crippen LogP contribution is -2.28. The number of benzene rings is 1. The molecule has 8 heteroatoms. The molecular formula is C11H17FN2O4S. The molecule has 0 saturated heterocycles. The van der Waals surface area contributed by atoms with E-state index in [1.54, 1.807) is 7.11 Å². The van der Waals surface area contributed by atoms with E-state index in [0.29, 0.717) is 13.2 Å². The van der Waals surface area contributed by atoms with Gasteiger partial charge in [-0.05, 0) is 18.2 Å². The van der Waals surface area contributed by atoms with Crippen LogP contribution in [-0.2, 0) is 19.5 Å². The van der Waals surface area contributed by atoms with E-state index in [1.807, 2.05) is 0 Å². The number of nitrogens with two attached hydrogens (primary N) is 1. The molecule has 0 aromatic heterocycles. The summed E-state index contributed by atoms with van der Waals surface area (Å²) in [4.78, 5) is -0.274. The van der Waals surface area contributed by atoms with E-state index in [4.69, 9.17) is 15.2 Å². The molecule has 0 saturated carbocycles. The van der Waals surface area contributed by atoms with Gasteiger partial charge >= 0.3 is 0 Å². The van der Waals surface area contributed by atoms with Gasteiger partial charge in [-0.2, -0.15) is 0 Å². The molecule has 0 fully saturated rings. The van der Waals surface area contributed by atoms with Gasteiger partial charge in [-0.3, -0.25) is 0 Å². The third kappa shape index (κ3) is 5.11. The minimum Gasteiger partial charge on any atom is -0.398 e. The Balaban J connectivity index is 2.54. The minimum atomic E-state index is -3.83. The van der Waals surface area contributed by atoms with E-state index in [-0.39, 0.29) is 23.7 Å². The van der Waals surface area contributed by atoms with Crippen molar-refractivity contribution in [1.82, 2.24) is 4.72 Å². The van der Waals surface area contributed by atoms with E-state index in [9.17, 15) is 12.8 Å². The second kappa shape index (κ2) is 7.39. The molecule has 108 valence electrons. The molecule has 1 aromatic rings. The summed E-state index contributed by atoms with van der Waals surface area (Å²) < 4.78 is 48.9. The second-order valence-corrected chi connectivity index (χ2v) is 5.42. The smallest absolute Gasteiger partial charge is 0.242 e. The highest BCUT2D eigenvalue weighted by Crippen LogP contribution is 2.18. The SMILES string of the molecule is COCCOCCNS(=O)(=O)c1cc(F)ccc1N. The molecule has 0 aliphatic carbocycles. The molecule has 0 spiro atoms. The zero-order chi connectivity index (χ0) is 14.3. The first-order chi connectivity index (χ1) is 8.97. The largest absolute Gasteiger partial charge is 0.398 e. The summed E-state index contributed by atoms with van der Waals surface area (Å²) >= 11 is 0. The molecular weight excluding hydrogens is 275 g/mol. The van der Waals surface area contributed by atoms with Crippen LogP contribution in [0.25, 0.3) is 0 Å². The Morgan fingerprint density at radius 2 is 2.05 bits per heavy atom. The Morgan fingerprint density at radius 3 is 2.74 bits per heavy atom. The Labute approximate surface area is 111 Å². The van der Waals surface area contributed by atoms with Crippen LogP contribution in [-0.4, -0.2) is 41.9 Å². The average molecular weight is 292 g/mol. The van der Waals surface area contributed by atoms with Crippen molar-refractivity contribution in [3.63, 3.8) is 0 Å². The molecule has 0 radical (unpaired) electrons. The lowest BCUT2D eigenvalue weighted by atomic mass is 10.3. The molecule has 0 bridgehead atoms. The molecule has 1 rings (SSSR count). The zero-order valence-electron chi connectivity index (χ0n) is 10.6. The number of ether oxygens (including phenoxy) is 2. The van der Waals surface area contributed by atoms with E-state index in [0.717, 1.165) is 12.1 Å². The van der Waals surface area contributed by atoms with Crippen LogP contribution >= 0.6 is 0 Å². The van der Waals surface area contributed by atoms with Gasteiger partial charge in [-0.15, -0.1) is 0 Å². The van der Waals surface area contributed by atoms with E-state index in [2.05, 4.69) is 4.72 Å². The van der Waals surface area contributed by atoms with Crippen LogP contribution in [0.15, 0.2) is 23.1 Å². The number of anilines is 1. The number of hydrogen-bond acceptors (Lipinski definition) is 5. The number of nitrogens with one attached hydrogen (secondary N) is 1. The minimum absolute atomic E-state index is 0.00537. The van der Waals surface area contributed by atoms with Crippen LogP contribution < -0.4 is 10.5 Å². The van der Waals surface area contributed by atoms with Gasteiger partial charge in [0.05, 0.1) is 25.5 Å². The fourth-order valence-corrected chi connectivity index (χ4v) is 2.46.